The van der Waals surface area contributed by atoms with Crippen LogP contribution in [0.15, 0.2) is 34.5 Å². The Labute approximate surface area is 102 Å². The topological polar surface area (TPSA) is 149 Å². The molecule has 0 saturated carbocycles. The molecule has 0 bridgehead atoms. The molecule has 0 heterocycles. The van der Waals surface area contributed by atoms with E-state index in [1.54, 1.807) is 13.3 Å². The summed E-state index contributed by atoms with van der Waals surface area (Å²) in [5.41, 5.74) is 11.1. The molecule has 0 atom stereocenters. The van der Waals surface area contributed by atoms with E-state index >= 15 is 0 Å². The number of benzene rings is 1. The molecular weight excluding hydrogens is 242 g/mol. The summed E-state index contributed by atoms with van der Waals surface area (Å²) in [5, 5.41) is 20.8. The Hall–Kier alpha value is -2.84. The first-order valence-corrected chi connectivity index (χ1v) is 4.55. The third-order valence-electron chi connectivity index (χ3n) is 1.50. The minimum absolute atomic E-state index is 0.0604. The summed E-state index contributed by atoms with van der Waals surface area (Å²) in [6.07, 6.45) is 1.55. The third-order valence-corrected chi connectivity index (χ3v) is 1.50. The number of guanidine groups is 1. The maximum absolute atomic E-state index is 8.36. The summed E-state index contributed by atoms with van der Waals surface area (Å²) in [7, 11) is 1.61. The van der Waals surface area contributed by atoms with Crippen LogP contribution in [0.1, 0.15) is 5.56 Å². The maximum atomic E-state index is 8.36. The van der Waals surface area contributed by atoms with Gasteiger partial charge in [0, 0.05) is 0 Å². The zero-order valence-corrected chi connectivity index (χ0v) is 9.56. The van der Waals surface area contributed by atoms with Gasteiger partial charge in [0.25, 0.3) is 5.09 Å². The van der Waals surface area contributed by atoms with Crippen LogP contribution in [0.3, 0.4) is 0 Å². The van der Waals surface area contributed by atoms with Crippen LogP contribution in [0.4, 0.5) is 0 Å². The monoisotopic (exact) mass is 255 g/mol. The molecule has 0 unspecified atom stereocenters. The number of nitrogens with zero attached hydrogens (tertiary/aromatic N) is 3. The van der Waals surface area contributed by atoms with Gasteiger partial charge in [0.2, 0.25) is 5.96 Å². The number of nitrogens with two attached hydrogens (primary N) is 2. The van der Waals surface area contributed by atoms with Crippen LogP contribution >= 0.6 is 0 Å². The molecule has 0 aliphatic carbocycles. The average Bonchev–Trinajstić information content (AvgIpc) is 2.29. The minimum atomic E-state index is -1.50. The highest BCUT2D eigenvalue weighted by molar-refractivity contribution is 5.81. The molecule has 0 aliphatic rings. The van der Waals surface area contributed by atoms with Gasteiger partial charge in [-0.1, -0.05) is 0 Å². The van der Waals surface area contributed by atoms with E-state index in [1.165, 1.54) is 0 Å². The van der Waals surface area contributed by atoms with Crippen LogP contribution in [0.5, 0.6) is 5.75 Å². The zero-order valence-electron chi connectivity index (χ0n) is 9.56. The molecule has 0 amide bonds. The van der Waals surface area contributed by atoms with E-state index < -0.39 is 5.09 Å². The Balaban J connectivity index is 0.000000631. The maximum Gasteiger partial charge on any atom is 0.291 e. The van der Waals surface area contributed by atoms with Crippen molar-refractivity contribution in [3.8, 4) is 5.75 Å². The molecular formula is C9H13N5O4. The lowest BCUT2D eigenvalue weighted by atomic mass is 10.2. The molecule has 9 nitrogen and oxygen atoms in total. The van der Waals surface area contributed by atoms with Crippen LogP contribution in [0.25, 0.3) is 0 Å². The highest BCUT2D eigenvalue weighted by Crippen LogP contribution is 2.09. The van der Waals surface area contributed by atoms with Gasteiger partial charge in [-0.05, 0) is 29.8 Å². The normalized spacial score (nSPS) is 9.17. The van der Waals surface area contributed by atoms with E-state index in [0.29, 0.717) is 0 Å². The molecule has 18 heavy (non-hydrogen) atoms. The second-order valence-corrected chi connectivity index (χ2v) is 2.78. The van der Waals surface area contributed by atoms with Crippen molar-refractivity contribution in [1.82, 2.24) is 0 Å². The van der Waals surface area contributed by atoms with Crippen molar-refractivity contribution in [2.24, 2.45) is 21.7 Å². The van der Waals surface area contributed by atoms with E-state index in [-0.39, 0.29) is 5.96 Å². The van der Waals surface area contributed by atoms with Crippen molar-refractivity contribution in [1.29, 1.82) is 0 Å². The summed E-state index contributed by atoms with van der Waals surface area (Å²) in [6.45, 7) is 0. The largest absolute Gasteiger partial charge is 0.497 e. The summed E-state index contributed by atoms with van der Waals surface area (Å²) in [6, 6.07) is 7.36. The van der Waals surface area contributed by atoms with Gasteiger partial charge in [0.05, 0.1) is 13.3 Å². The molecule has 1 aromatic rings. The number of hydrogen-bond acceptors (Lipinski definition) is 5. The summed E-state index contributed by atoms with van der Waals surface area (Å²) in [5.74, 6) is 0.735. The fraction of sp³-hybridized carbons (Fsp3) is 0.111. The molecule has 0 radical (unpaired) electrons. The first-order valence-electron chi connectivity index (χ1n) is 4.55. The van der Waals surface area contributed by atoms with Crippen LogP contribution in [-0.2, 0) is 0 Å². The van der Waals surface area contributed by atoms with Crippen LogP contribution < -0.4 is 16.2 Å². The zero-order chi connectivity index (χ0) is 14.0. The first kappa shape index (κ1) is 15.2. The molecule has 0 saturated heterocycles. The van der Waals surface area contributed by atoms with Gasteiger partial charge >= 0.3 is 0 Å². The number of methoxy groups -OCH3 is 1. The predicted octanol–water partition coefficient (Wildman–Crippen LogP) is -0.0452. The molecule has 9 heteroatoms. The fourth-order valence-electron chi connectivity index (χ4n) is 0.852. The summed E-state index contributed by atoms with van der Waals surface area (Å²) >= 11 is 0. The first-order chi connectivity index (χ1) is 8.45. The van der Waals surface area contributed by atoms with Gasteiger partial charge in [-0.2, -0.15) is 5.10 Å². The molecule has 0 fully saturated rings. The Morgan fingerprint density at radius 1 is 1.44 bits per heavy atom. The molecule has 0 aromatic heterocycles. The standard InChI is InChI=1S/C9H12N4O.HNO3/c1-14-8-4-2-7(3-5-8)6-12-13-9(10)11;2-1(3)4/h2-6H,1H3,(H4,10,11,13);(H,2,3,4). The number of rotatable bonds is 3. The Morgan fingerprint density at radius 3 is 2.33 bits per heavy atom. The van der Waals surface area contributed by atoms with Crippen LogP contribution in [0, 0.1) is 10.1 Å². The van der Waals surface area contributed by atoms with Crippen LogP contribution in [0.2, 0.25) is 0 Å². The van der Waals surface area contributed by atoms with Gasteiger partial charge < -0.3 is 21.4 Å². The van der Waals surface area contributed by atoms with Gasteiger partial charge in [0.1, 0.15) is 5.75 Å². The quantitative estimate of drug-likeness (QED) is 0.298. The third kappa shape index (κ3) is 8.47. The van der Waals surface area contributed by atoms with Crippen LogP contribution in [-0.4, -0.2) is 29.6 Å². The van der Waals surface area contributed by atoms with Crippen molar-refractivity contribution in [2.45, 2.75) is 0 Å². The molecule has 0 aliphatic heterocycles. The second kappa shape index (κ2) is 8.33. The van der Waals surface area contributed by atoms with Gasteiger partial charge in [-0.15, -0.1) is 15.2 Å². The predicted molar refractivity (Wildman–Crippen MR) is 65.2 cm³/mol. The van der Waals surface area contributed by atoms with Crippen molar-refractivity contribution < 1.29 is 15.0 Å². The molecule has 98 valence electrons. The van der Waals surface area contributed by atoms with Gasteiger partial charge in [0.15, 0.2) is 0 Å². The fourth-order valence-corrected chi connectivity index (χ4v) is 0.852. The van der Waals surface area contributed by atoms with Crippen molar-refractivity contribution in [3.63, 3.8) is 0 Å². The van der Waals surface area contributed by atoms with E-state index in [0.717, 1.165) is 11.3 Å². The lowest BCUT2D eigenvalue weighted by molar-refractivity contribution is -0.742. The lowest BCUT2D eigenvalue weighted by Crippen LogP contribution is -2.21. The summed E-state index contributed by atoms with van der Waals surface area (Å²) < 4.78 is 5.00. The SMILES string of the molecule is COc1ccc(C=NN=C(N)N)cc1.O=[N+]([O-])O. The molecule has 5 N–H and O–H groups in total. The Kier molecular flexibility index (Phi) is 7.01. The highest BCUT2D eigenvalue weighted by atomic mass is 16.9. The van der Waals surface area contributed by atoms with E-state index in [4.69, 9.17) is 31.5 Å². The van der Waals surface area contributed by atoms with Crippen molar-refractivity contribution in [2.75, 3.05) is 7.11 Å². The van der Waals surface area contributed by atoms with Crippen molar-refractivity contribution >= 4 is 12.2 Å². The minimum Gasteiger partial charge on any atom is -0.497 e. The highest BCUT2D eigenvalue weighted by Gasteiger charge is 1.89. The molecule has 1 aromatic carbocycles. The summed E-state index contributed by atoms with van der Waals surface area (Å²) in [4.78, 5) is 8.36. The molecule has 0 spiro atoms. The lowest BCUT2D eigenvalue weighted by Gasteiger charge is -1.97. The van der Waals surface area contributed by atoms with E-state index in [1.807, 2.05) is 24.3 Å². The second-order valence-electron chi connectivity index (χ2n) is 2.78. The van der Waals surface area contributed by atoms with Crippen molar-refractivity contribution in [3.05, 3.63) is 39.9 Å². The number of ether oxygens (including phenoxy) is 1. The smallest absolute Gasteiger partial charge is 0.291 e. The van der Waals surface area contributed by atoms with E-state index in [2.05, 4.69) is 10.2 Å². The average molecular weight is 255 g/mol. The Morgan fingerprint density at radius 2 is 1.94 bits per heavy atom. The number of hydrogen-bond donors (Lipinski definition) is 3. The molecule has 1 rings (SSSR count). The van der Waals surface area contributed by atoms with E-state index in [9.17, 15) is 0 Å². The Bertz CT molecular complexity index is 421. The van der Waals surface area contributed by atoms with Gasteiger partial charge in [-0.3, -0.25) is 0 Å². The van der Waals surface area contributed by atoms with Gasteiger partial charge in [-0.25, -0.2) is 0 Å².